The van der Waals surface area contributed by atoms with Crippen LogP contribution in [-0.4, -0.2) is 31.7 Å². The molecule has 1 amide bonds. The summed E-state index contributed by atoms with van der Waals surface area (Å²) < 4.78 is 5.87. The van der Waals surface area contributed by atoms with Crippen molar-refractivity contribution in [1.82, 2.24) is 5.32 Å². The van der Waals surface area contributed by atoms with Gasteiger partial charge in [0.2, 0.25) is 5.91 Å². The molecule has 0 aromatic carbocycles. The fraction of sp³-hybridized carbons (Fsp3) is 0.938. The molecule has 4 heteroatoms. The molecule has 0 bridgehead atoms. The van der Waals surface area contributed by atoms with Crippen molar-refractivity contribution in [2.24, 2.45) is 23.0 Å². The molecule has 1 aliphatic heterocycles. The second-order valence-corrected chi connectivity index (χ2v) is 6.38. The molecule has 0 spiro atoms. The van der Waals surface area contributed by atoms with Crippen LogP contribution in [0, 0.1) is 17.3 Å². The third kappa shape index (κ3) is 3.95. The molecule has 20 heavy (non-hydrogen) atoms. The molecule has 3 N–H and O–H groups in total. The van der Waals surface area contributed by atoms with E-state index in [9.17, 15) is 4.79 Å². The zero-order chi connectivity index (χ0) is 15.2. The van der Waals surface area contributed by atoms with Crippen molar-refractivity contribution in [3.63, 3.8) is 0 Å². The van der Waals surface area contributed by atoms with Gasteiger partial charge in [-0.25, -0.2) is 0 Å². The summed E-state index contributed by atoms with van der Waals surface area (Å²) in [6, 6.07) is 0. The summed E-state index contributed by atoms with van der Waals surface area (Å²) >= 11 is 0. The molecule has 0 radical (unpaired) electrons. The van der Waals surface area contributed by atoms with Crippen LogP contribution < -0.4 is 11.1 Å². The van der Waals surface area contributed by atoms with E-state index in [1.54, 1.807) is 0 Å². The van der Waals surface area contributed by atoms with E-state index in [0.717, 1.165) is 32.3 Å². The van der Waals surface area contributed by atoms with Gasteiger partial charge in [0.05, 0.1) is 11.5 Å². The van der Waals surface area contributed by atoms with Crippen molar-refractivity contribution in [2.75, 3.05) is 19.7 Å². The molecule has 118 valence electrons. The van der Waals surface area contributed by atoms with Gasteiger partial charge in [-0.2, -0.15) is 0 Å². The average molecular weight is 284 g/mol. The lowest BCUT2D eigenvalue weighted by Gasteiger charge is -2.36. The van der Waals surface area contributed by atoms with Crippen molar-refractivity contribution >= 4 is 5.91 Å². The van der Waals surface area contributed by atoms with E-state index < -0.39 is 5.41 Å². The summed E-state index contributed by atoms with van der Waals surface area (Å²) in [5.74, 6) is 1.03. The minimum Gasteiger partial charge on any atom is -0.378 e. The highest BCUT2D eigenvalue weighted by atomic mass is 16.5. The molecule has 0 aliphatic carbocycles. The van der Waals surface area contributed by atoms with Crippen molar-refractivity contribution in [2.45, 2.75) is 59.5 Å². The highest BCUT2D eigenvalue weighted by Crippen LogP contribution is 2.28. The van der Waals surface area contributed by atoms with Crippen molar-refractivity contribution in [1.29, 1.82) is 0 Å². The first-order valence-electron chi connectivity index (χ1n) is 8.10. The van der Waals surface area contributed by atoms with Gasteiger partial charge in [0, 0.05) is 25.6 Å². The van der Waals surface area contributed by atoms with Gasteiger partial charge in [-0.15, -0.1) is 0 Å². The van der Waals surface area contributed by atoms with Crippen LogP contribution in [0.25, 0.3) is 0 Å². The number of ether oxygens (including phenoxy) is 1. The summed E-state index contributed by atoms with van der Waals surface area (Å²) in [6.45, 7) is 10.4. The SMILES string of the molecule is CCC(CC)(CN)C(=O)NCC1CCCOC1C(C)C. The molecule has 0 saturated carbocycles. The number of carbonyl (C=O) groups excluding carboxylic acids is 1. The maximum Gasteiger partial charge on any atom is 0.227 e. The second kappa shape index (κ2) is 7.99. The third-order valence-electron chi connectivity index (χ3n) is 4.90. The van der Waals surface area contributed by atoms with Gasteiger partial charge >= 0.3 is 0 Å². The van der Waals surface area contributed by atoms with Crippen LogP contribution in [-0.2, 0) is 9.53 Å². The van der Waals surface area contributed by atoms with Crippen molar-refractivity contribution in [3.8, 4) is 0 Å². The predicted octanol–water partition coefficient (Wildman–Crippen LogP) is 2.32. The molecule has 2 unspecified atom stereocenters. The highest BCUT2D eigenvalue weighted by Gasteiger charge is 2.35. The number of rotatable bonds is 7. The van der Waals surface area contributed by atoms with Gasteiger partial charge < -0.3 is 15.8 Å². The first-order valence-corrected chi connectivity index (χ1v) is 8.10. The molecule has 0 aromatic heterocycles. The van der Waals surface area contributed by atoms with Gasteiger partial charge in [-0.1, -0.05) is 27.7 Å². The van der Waals surface area contributed by atoms with Crippen LogP contribution in [0.2, 0.25) is 0 Å². The smallest absolute Gasteiger partial charge is 0.227 e. The summed E-state index contributed by atoms with van der Waals surface area (Å²) in [6.07, 6.45) is 4.07. The number of hydrogen-bond donors (Lipinski definition) is 2. The molecular weight excluding hydrogens is 252 g/mol. The maximum absolute atomic E-state index is 12.4. The quantitative estimate of drug-likeness (QED) is 0.754. The Bertz CT molecular complexity index is 293. The number of amides is 1. The van der Waals surface area contributed by atoms with E-state index in [-0.39, 0.29) is 12.0 Å². The molecule has 4 nitrogen and oxygen atoms in total. The molecule has 1 fully saturated rings. The minimum atomic E-state index is -0.400. The van der Waals surface area contributed by atoms with Crippen molar-refractivity contribution in [3.05, 3.63) is 0 Å². The number of nitrogens with one attached hydrogen (secondary N) is 1. The molecule has 1 aliphatic rings. The van der Waals surface area contributed by atoms with Crippen LogP contribution in [0.1, 0.15) is 53.4 Å². The summed E-state index contributed by atoms with van der Waals surface area (Å²) in [4.78, 5) is 12.4. The van der Waals surface area contributed by atoms with E-state index in [2.05, 4.69) is 19.2 Å². The Kier molecular flexibility index (Phi) is 6.96. The zero-order valence-corrected chi connectivity index (χ0v) is 13.6. The van der Waals surface area contributed by atoms with Crippen molar-refractivity contribution < 1.29 is 9.53 Å². The third-order valence-corrected chi connectivity index (χ3v) is 4.90. The lowest BCUT2D eigenvalue weighted by atomic mass is 9.81. The monoisotopic (exact) mass is 284 g/mol. The lowest BCUT2D eigenvalue weighted by Crippen LogP contribution is -2.48. The fourth-order valence-corrected chi connectivity index (χ4v) is 3.18. The van der Waals surface area contributed by atoms with E-state index >= 15 is 0 Å². The molecule has 2 atom stereocenters. The highest BCUT2D eigenvalue weighted by molar-refractivity contribution is 5.82. The summed E-state index contributed by atoms with van der Waals surface area (Å²) in [7, 11) is 0. The predicted molar refractivity (Wildman–Crippen MR) is 82.4 cm³/mol. The summed E-state index contributed by atoms with van der Waals surface area (Å²) in [5, 5.41) is 3.13. The molecule has 1 saturated heterocycles. The Balaban J connectivity index is 2.58. The van der Waals surface area contributed by atoms with Gasteiger partial charge in [-0.3, -0.25) is 4.79 Å². The van der Waals surface area contributed by atoms with E-state index in [1.807, 2.05) is 13.8 Å². The molecule has 1 heterocycles. The first-order chi connectivity index (χ1) is 9.50. The Morgan fingerprint density at radius 1 is 1.40 bits per heavy atom. The van der Waals surface area contributed by atoms with Crippen LogP contribution in [0.15, 0.2) is 0 Å². The van der Waals surface area contributed by atoms with Crippen LogP contribution in [0.4, 0.5) is 0 Å². The maximum atomic E-state index is 12.4. The standard InChI is InChI=1S/C16H32N2O2/c1-5-16(6-2,11-17)15(19)18-10-13-8-7-9-20-14(13)12(3)4/h12-14H,5-11,17H2,1-4H3,(H,18,19). The van der Waals surface area contributed by atoms with Gasteiger partial charge in [0.1, 0.15) is 0 Å². The fourth-order valence-electron chi connectivity index (χ4n) is 3.18. The number of nitrogens with two attached hydrogens (primary N) is 1. The van der Waals surface area contributed by atoms with E-state index in [4.69, 9.17) is 10.5 Å². The lowest BCUT2D eigenvalue weighted by molar-refractivity contribution is -0.132. The number of carbonyl (C=O) groups is 1. The Labute approximate surface area is 123 Å². The molecule has 0 aromatic rings. The van der Waals surface area contributed by atoms with Gasteiger partial charge in [0.15, 0.2) is 0 Å². The Morgan fingerprint density at radius 3 is 2.55 bits per heavy atom. The van der Waals surface area contributed by atoms with Gasteiger partial charge in [0.25, 0.3) is 0 Å². The van der Waals surface area contributed by atoms with Crippen LogP contribution >= 0.6 is 0 Å². The average Bonchev–Trinajstić information content (AvgIpc) is 2.47. The topological polar surface area (TPSA) is 64.4 Å². The van der Waals surface area contributed by atoms with Crippen LogP contribution in [0.5, 0.6) is 0 Å². The Hall–Kier alpha value is -0.610. The molecular formula is C16H32N2O2. The second-order valence-electron chi connectivity index (χ2n) is 6.38. The normalized spacial score (nSPS) is 23.9. The minimum absolute atomic E-state index is 0.109. The van der Waals surface area contributed by atoms with Gasteiger partial charge in [-0.05, 0) is 31.6 Å². The van der Waals surface area contributed by atoms with E-state index in [0.29, 0.717) is 24.9 Å². The zero-order valence-electron chi connectivity index (χ0n) is 13.6. The largest absolute Gasteiger partial charge is 0.378 e. The molecule has 1 rings (SSSR count). The van der Waals surface area contributed by atoms with Crippen LogP contribution in [0.3, 0.4) is 0 Å². The van der Waals surface area contributed by atoms with E-state index in [1.165, 1.54) is 0 Å². The Morgan fingerprint density at radius 2 is 2.05 bits per heavy atom. The first kappa shape index (κ1) is 17.4. The number of hydrogen-bond acceptors (Lipinski definition) is 3. The summed E-state index contributed by atoms with van der Waals surface area (Å²) in [5.41, 5.74) is 5.43.